The van der Waals surface area contributed by atoms with Crippen molar-refractivity contribution in [2.75, 3.05) is 40.8 Å². The summed E-state index contributed by atoms with van der Waals surface area (Å²) in [7, 11) is 5.55. The topological polar surface area (TPSA) is 32.8 Å². The fourth-order valence-electron chi connectivity index (χ4n) is 1.76. The van der Waals surface area contributed by atoms with Gasteiger partial charge < -0.3 is 9.64 Å². The van der Waals surface area contributed by atoms with Crippen molar-refractivity contribution in [3.8, 4) is 0 Å². The molecule has 0 aliphatic heterocycles. The number of hydrogen-bond acceptors (Lipinski definition) is 4. The molecule has 0 amide bonds. The third kappa shape index (κ3) is 6.44. The van der Waals surface area contributed by atoms with Crippen LogP contribution in [0.4, 0.5) is 0 Å². The van der Waals surface area contributed by atoms with Crippen molar-refractivity contribution in [2.45, 2.75) is 26.8 Å². The maximum Gasteiger partial charge on any atom is 0.333 e. The smallest absolute Gasteiger partial charge is 0.333 e. The minimum atomic E-state index is -0.249. The van der Waals surface area contributed by atoms with E-state index in [-0.39, 0.29) is 5.97 Å². The van der Waals surface area contributed by atoms with E-state index in [1.165, 1.54) is 7.11 Å². The van der Waals surface area contributed by atoms with Crippen molar-refractivity contribution < 1.29 is 9.53 Å². The third-order valence-corrected chi connectivity index (χ3v) is 2.80. The van der Waals surface area contributed by atoms with E-state index in [4.69, 9.17) is 0 Å². The first kappa shape index (κ1) is 16.1. The zero-order chi connectivity index (χ0) is 13.4. The second-order valence-electron chi connectivity index (χ2n) is 4.58. The van der Waals surface area contributed by atoms with E-state index in [0.717, 1.165) is 19.6 Å². The summed E-state index contributed by atoms with van der Waals surface area (Å²) < 4.78 is 4.67. The molecular formula is C13H26N2O2. The van der Waals surface area contributed by atoms with Gasteiger partial charge in [0.1, 0.15) is 0 Å². The molecule has 4 nitrogen and oxygen atoms in total. The Morgan fingerprint density at radius 3 is 2.41 bits per heavy atom. The Kier molecular flexibility index (Phi) is 7.83. The fraction of sp³-hybridized carbons (Fsp3) is 0.769. The number of esters is 1. The summed E-state index contributed by atoms with van der Waals surface area (Å²) in [5.41, 5.74) is 0.669. The zero-order valence-electron chi connectivity index (χ0n) is 12.0. The molecule has 0 aliphatic carbocycles. The molecule has 17 heavy (non-hydrogen) atoms. The van der Waals surface area contributed by atoms with Crippen LogP contribution in [0.15, 0.2) is 11.6 Å². The van der Waals surface area contributed by atoms with Gasteiger partial charge in [-0.15, -0.1) is 0 Å². The molecule has 4 heteroatoms. The van der Waals surface area contributed by atoms with E-state index < -0.39 is 0 Å². The SMILES string of the molecule is CCN(C/C=C(/C)C(=O)OC)C(C)CN(C)C. The Hall–Kier alpha value is -0.870. The highest BCUT2D eigenvalue weighted by Crippen LogP contribution is 2.03. The highest BCUT2D eigenvalue weighted by atomic mass is 16.5. The van der Waals surface area contributed by atoms with Crippen LogP contribution in [-0.4, -0.2) is 62.7 Å². The monoisotopic (exact) mass is 242 g/mol. The van der Waals surface area contributed by atoms with Crippen LogP contribution in [0, 0.1) is 0 Å². The summed E-state index contributed by atoms with van der Waals surface area (Å²) >= 11 is 0. The van der Waals surface area contributed by atoms with Crippen molar-refractivity contribution in [3.05, 3.63) is 11.6 Å². The van der Waals surface area contributed by atoms with Crippen LogP contribution in [0.5, 0.6) is 0 Å². The van der Waals surface area contributed by atoms with Crippen LogP contribution >= 0.6 is 0 Å². The molecule has 0 aromatic heterocycles. The molecule has 0 heterocycles. The van der Waals surface area contributed by atoms with Crippen LogP contribution in [0.1, 0.15) is 20.8 Å². The molecule has 1 atom stereocenters. The molecule has 0 bridgehead atoms. The maximum absolute atomic E-state index is 11.2. The molecule has 0 aliphatic rings. The van der Waals surface area contributed by atoms with Gasteiger partial charge in [0.05, 0.1) is 7.11 Å². The number of carbonyl (C=O) groups excluding carboxylic acids is 1. The van der Waals surface area contributed by atoms with Gasteiger partial charge >= 0.3 is 5.97 Å². The molecule has 0 rings (SSSR count). The number of carbonyl (C=O) groups is 1. The lowest BCUT2D eigenvalue weighted by molar-refractivity contribution is -0.136. The average molecular weight is 242 g/mol. The molecule has 0 radical (unpaired) electrons. The molecular weight excluding hydrogens is 216 g/mol. The third-order valence-electron chi connectivity index (χ3n) is 2.80. The minimum absolute atomic E-state index is 0.249. The van der Waals surface area contributed by atoms with Gasteiger partial charge in [-0.05, 0) is 34.5 Å². The van der Waals surface area contributed by atoms with E-state index >= 15 is 0 Å². The lowest BCUT2D eigenvalue weighted by Gasteiger charge is -2.29. The zero-order valence-corrected chi connectivity index (χ0v) is 12.0. The molecule has 100 valence electrons. The lowest BCUT2D eigenvalue weighted by atomic mass is 10.2. The maximum atomic E-state index is 11.2. The first-order valence-corrected chi connectivity index (χ1v) is 6.06. The molecule has 0 N–H and O–H groups in total. The Balaban J connectivity index is 4.35. The van der Waals surface area contributed by atoms with E-state index in [0.29, 0.717) is 11.6 Å². The van der Waals surface area contributed by atoms with Gasteiger partial charge in [0, 0.05) is 24.7 Å². The number of hydrogen-bond donors (Lipinski definition) is 0. The standard InChI is InChI=1S/C13H26N2O2/c1-7-15(12(3)10-14(4)5)9-8-11(2)13(16)17-6/h8,12H,7,9-10H2,1-6H3/b11-8-. The number of likely N-dealkylation sites (N-methyl/N-ethyl adjacent to an activating group) is 2. The number of methoxy groups -OCH3 is 1. The summed E-state index contributed by atoms with van der Waals surface area (Å²) in [6, 6.07) is 0.469. The molecule has 1 unspecified atom stereocenters. The van der Waals surface area contributed by atoms with Gasteiger partial charge in [0.15, 0.2) is 0 Å². The van der Waals surface area contributed by atoms with Crippen molar-refractivity contribution in [1.29, 1.82) is 0 Å². The van der Waals surface area contributed by atoms with Crippen LogP contribution in [-0.2, 0) is 9.53 Å². The van der Waals surface area contributed by atoms with Gasteiger partial charge in [-0.25, -0.2) is 4.79 Å². The Bertz CT molecular complexity index is 262. The van der Waals surface area contributed by atoms with E-state index in [2.05, 4.69) is 42.5 Å². The minimum Gasteiger partial charge on any atom is -0.466 e. The predicted octanol–water partition coefficient (Wildman–Crippen LogP) is 1.38. The molecule has 0 fully saturated rings. The Morgan fingerprint density at radius 2 is 2.00 bits per heavy atom. The molecule has 0 spiro atoms. The van der Waals surface area contributed by atoms with Gasteiger partial charge in [0.2, 0.25) is 0 Å². The molecule has 0 aromatic rings. The van der Waals surface area contributed by atoms with E-state index in [1.54, 1.807) is 6.92 Å². The van der Waals surface area contributed by atoms with Gasteiger partial charge in [-0.1, -0.05) is 13.0 Å². The quantitative estimate of drug-likeness (QED) is 0.499. The van der Waals surface area contributed by atoms with Gasteiger partial charge in [-0.2, -0.15) is 0 Å². The first-order valence-electron chi connectivity index (χ1n) is 6.06. The van der Waals surface area contributed by atoms with Crippen LogP contribution < -0.4 is 0 Å². The average Bonchev–Trinajstić information content (AvgIpc) is 2.27. The molecule has 0 saturated carbocycles. The van der Waals surface area contributed by atoms with E-state index in [1.807, 2.05) is 6.08 Å². The normalized spacial score (nSPS) is 14.2. The number of rotatable bonds is 7. The van der Waals surface area contributed by atoms with Crippen molar-refractivity contribution in [3.63, 3.8) is 0 Å². The van der Waals surface area contributed by atoms with Crippen LogP contribution in [0.25, 0.3) is 0 Å². The number of nitrogens with zero attached hydrogens (tertiary/aromatic N) is 2. The van der Waals surface area contributed by atoms with E-state index in [9.17, 15) is 4.79 Å². The van der Waals surface area contributed by atoms with Gasteiger partial charge in [0.25, 0.3) is 0 Å². The Labute approximate surface area is 105 Å². The van der Waals surface area contributed by atoms with Crippen LogP contribution in [0.2, 0.25) is 0 Å². The highest BCUT2D eigenvalue weighted by Gasteiger charge is 2.12. The highest BCUT2D eigenvalue weighted by molar-refractivity contribution is 5.87. The second kappa shape index (κ2) is 8.25. The van der Waals surface area contributed by atoms with Crippen molar-refractivity contribution in [2.24, 2.45) is 0 Å². The summed E-state index contributed by atoms with van der Waals surface area (Å²) in [5.74, 6) is -0.249. The number of ether oxygens (including phenoxy) is 1. The summed E-state index contributed by atoms with van der Waals surface area (Å²) in [4.78, 5) is 15.7. The Morgan fingerprint density at radius 1 is 1.41 bits per heavy atom. The lowest BCUT2D eigenvalue weighted by Crippen LogP contribution is -2.40. The van der Waals surface area contributed by atoms with Crippen molar-refractivity contribution >= 4 is 5.97 Å². The molecule has 0 aromatic carbocycles. The fourth-order valence-corrected chi connectivity index (χ4v) is 1.76. The molecule has 0 saturated heterocycles. The first-order chi connectivity index (χ1) is 7.92. The predicted molar refractivity (Wildman–Crippen MR) is 71.0 cm³/mol. The van der Waals surface area contributed by atoms with Crippen molar-refractivity contribution in [1.82, 2.24) is 9.80 Å². The summed E-state index contributed by atoms with van der Waals surface area (Å²) in [5, 5.41) is 0. The summed E-state index contributed by atoms with van der Waals surface area (Å²) in [6.07, 6.45) is 1.93. The van der Waals surface area contributed by atoms with Gasteiger partial charge in [-0.3, -0.25) is 4.90 Å². The van der Waals surface area contributed by atoms with Crippen LogP contribution in [0.3, 0.4) is 0 Å². The summed E-state index contributed by atoms with van der Waals surface area (Å²) in [6.45, 7) is 8.89. The largest absolute Gasteiger partial charge is 0.466 e. The second-order valence-corrected chi connectivity index (χ2v) is 4.58.